The highest BCUT2D eigenvalue weighted by atomic mass is 32.1. The average molecular weight is 333 g/mol. The van der Waals surface area contributed by atoms with Crippen LogP contribution in [0.5, 0.6) is 0 Å². The summed E-state index contributed by atoms with van der Waals surface area (Å²) in [5.74, 6) is -0.990. The molecule has 0 amide bonds. The molecule has 2 aromatic rings. The number of non-ortho nitro benzene ring substituents is 1. The van der Waals surface area contributed by atoms with E-state index in [1.807, 2.05) is 5.38 Å². The van der Waals surface area contributed by atoms with Crippen LogP contribution < -0.4 is 4.90 Å². The molecular weight excluding hydrogens is 318 g/mol. The third-order valence-corrected chi connectivity index (χ3v) is 4.88. The molecule has 0 bridgehead atoms. The van der Waals surface area contributed by atoms with Gasteiger partial charge in [-0.05, 0) is 25.0 Å². The molecule has 1 aliphatic heterocycles. The van der Waals surface area contributed by atoms with Crippen molar-refractivity contribution in [2.75, 3.05) is 18.0 Å². The number of anilines is 1. The molecule has 1 aromatic heterocycles. The van der Waals surface area contributed by atoms with E-state index in [1.165, 1.54) is 23.5 Å². The number of carboxylic acid groups (broad SMARTS) is 1. The maximum Gasteiger partial charge on any atom is 0.306 e. The van der Waals surface area contributed by atoms with Gasteiger partial charge in [0.05, 0.1) is 16.5 Å². The Labute approximate surface area is 136 Å². The lowest BCUT2D eigenvalue weighted by Gasteiger charge is -2.29. The predicted octanol–water partition coefficient (Wildman–Crippen LogP) is 3.02. The molecule has 23 heavy (non-hydrogen) atoms. The smallest absolute Gasteiger partial charge is 0.306 e. The van der Waals surface area contributed by atoms with E-state index in [1.54, 1.807) is 12.1 Å². The number of nitrogens with zero attached hydrogens (tertiary/aromatic N) is 3. The van der Waals surface area contributed by atoms with Crippen molar-refractivity contribution in [3.05, 3.63) is 39.8 Å². The number of rotatable bonds is 4. The maximum absolute atomic E-state index is 11.0. The number of hydrogen-bond donors (Lipinski definition) is 1. The van der Waals surface area contributed by atoms with Gasteiger partial charge >= 0.3 is 5.97 Å². The number of thiazole rings is 1. The van der Waals surface area contributed by atoms with Crippen molar-refractivity contribution in [3.8, 4) is 11.3 Å². The highest BCUT2D eigenvalue weighted by Gasteiger charge is 2.25. The fourth-order valence-electron chi connectivity index (χ4n) is 2.61. The summed E-state index contributed by atoms with van der Waals surface area (Å²) in [7, 11) is 0. The summed E-state index contributed by atoms with van der Waals surface area (Å²) >= 11 is 1.50. The van der Waals surface area contributed by atoms with Crippen LogP contribution in [0.2, 0.25) is 0 Å². The molecule has 0 atom stereocenters. The van der Waals surface area contributed by atoms with Crippen molar-refractivity contribution in [1.82, 2.24) is 4.98 Å². The highest BCUT2D eigenvalue weighted by Crippen LogP contribution is 2.31. The lowest BCUT2D eigenvalue weighted by molar-refractivity contribution is -0.384. The van der Waals surface area contributed by atoms with Gasteiger partial charge in [-0.1, -0.05) is 0 Å². The van der Waals surface area contributed by atoms with Crippen molar-refractivity contribution >= 4 is 28.1 Å². The van der Waals surface area contributed by atoms with Crippen LogP contribution >= 0.6 is 11.3 Å². The first kappa shape index (κ1) is 15.4. The van der Waals surface area contributed by atoms with Crippen molar-refractivity contribution < 1.29 is 14.8 Å². The topological polar surface area (TPSA) is 96.6 Å². The minimum Gasteiger partial charge on any atom is -0.481 e. The molecule has 8 heteroatoms. The molecule has 1 fully saturated rings. The highest BCUT2D eigenvalue weighted by molar-refractivity contribution is 7.14. The molecule has 1 aromatic carbocycles. The van der Waals surface area contributed by atoms with E-state index in [2.05, 4.69) is 9.88 Å². The van der Waals surface area contributed by atoms with Crippen LogP contribution in [0, 0.1) is 16.0 Å². The second-order valence-corrected chi connectivity index (χ2v) is 6.26. The lowest BCUT2D eigenvalue weighted by atomic mass is 9.97. The third kappa shape index (κ3) is 3.31. The number of aliphatic carboxylic acids is 1. The van der Waals surface area contributed by atoms with Crippen LogP contribution in [0.25, 0.3) is 11.3 Å². The fourth-order valence-corrected chi connectivity index (χ4v) is 3.50. The van der Waals surface area contributed by atoms with E-state index >= 15 is 0 Å². The molecule has 3 rings (SSSR count). The van der Waals surface area contributed by atoms with Crippen molar-refractivity contribution in [1.29, 1.82) is 0 Å². The first-order valence-corrected chi connectivity index (χ1v) is 8.10. The largest absolute Gasteiger partial charge is 0.481 e. The lowest BCUT2D eigenvalue weighted by Crippen LogP contribution is -2.36. The van der Waals surface area contributed by atoms with Gasteiger partial charge in [0.25, 0.3) is 5.69 Å². The second-order valence-electron chi connectivity index (χ2n) is 5.42. The van der Waals surface area contributed by atoms with Crippen molar-refractivity contribution in [2.45, 2.75) is 12.8 Å². The second kappa shape index (κ2) is 6.33. The fraction of sp³-hybridized carbons (Fsp3) is 0.333. The Kier molecular flexibility index (Phi) is 4.24. The zero-order chi connectivity index (χ0) is 16.4. The monoisotopic (exact) mass is 333 g/mol. The zero-order valence-corrected chi connectivity index (χ0v) is 13.0. The Morgan fingerprint density at radius 2 is 1.96 bits per heavy atom. The Morgan fingerprint density at radius 1 is 1.30 bits per heavy atom. The van der Waals surface area contributed by atoms with E-state index in [0.29, 0.717) is 25.9 Å². The van der Waals surface area contributed by atoms with E-state index in [9.17, 15) is 14.9 Å². The van der Waals surface area contributed by atoms with E-state index in [-0.39, 0.29) is 11.6 Å². The average Bonchev–Trinajstić information content (AvgIpc) is 3.05. The van der Waals surface area contributed by atoms with Crippen LogP contribution in [-0.2, 0) is 4.79 Å². The molecule has 0 aliphatic carbocycles. The van der Waals surface area contributed by atoms with Gasteiger partial charge in [0, 0.05) is 36.2 Å². The molecule has 0 spiro atoms. The summed E-state index contributed by atoms with van der Waals surface area (Å²) in [5.41, 5.74) is 1.67. The first-order chi connectivity index (χ1) is 11.0. The number of nitro benzene ring substituents is 1. The number of aromatic nitrogens is 1. The van der Waals surface area contributed by atoms with Gasteiger partial charge in [-0.2, -0.15) is 0 Å². The summed E-state index contributed by atoms with van der Waals surface area (Å²) < 4.78 is 0. The summed E-state index contributed by atoms with van der Waals surface area (Å²) in [5, 5.41) is 22.5. The number of carbonyl (C=O) groups is 1. The van der Waals surface area contributed by atoms with Crippen LogP contribution in [0.15, 0.2) is 29.6 Å². The molecule has 1 N–H and O–H groups in total. The van der Waals surface area contributed by atoms with Gasteiger partial charge in [0.15, 0.2) is 5.13 Å². The standard InChI is InChI=1S/C15H15N3O4S/c19-14(20)11-5-7-17(8-6-11)15-16-13(9-23-15)10-1-3-12(4-2-10)18(21)22/h1-4,9,11H,5-8H2,(H,19,20). The van der Waals surface area contributed by atoms with Crippen LogP contribution in [0.4, 0.5) is 10.8 Å². The Hall–Kier alpha value is -2.48. The van der Waals surface area contributed by atoms with E-state index < -0.39 is 10.9 Å². The summed E-state index contributed by atoms with van der Waals surface area (Å²) in [6.45, 7) is 1.37. The van der Waals surface area contributed by atoms with Gasteiger partial charge < -0.3 is 10.0 Å². The van der Waals surface area contributed by atoms with Crippen molar-refractivity contribution in [2.24, 2.45) is 5.92 Å². The van der Waals surface area contributed by atoms with Gasteiger partial charge in [0.1, 0.15) is 0 Å². The molecule has 0 saturated carbocycles. The Bertz CT molecular complexity index is 721. The van der Waals surface area contributed by atoms with E-state index in [0.717, 1.165) is 16.4 Å². The number of piperidine rings is 1. The minimum atomic E-state index is -0.727. The predicted molar refractivity (Wildman–Crippen MR) is 86.8 cm³/mol. The van der Waals surface area contributed by atoms with Crippen LogP contribution in [0.1, 0.15) is 12.8 Å². The summed E-state index contributed by atoms with van der Waals surface area (Å²) in [6.07, 6.45) is 1.25. The zero-order valence-electron chi connectivity index (χ0n) is 12.2. The molecule has 0 unspecified atom stereocenters. The Morgan fingerprint density at radius 3 is 2.52 bits per heavy atom. The molecule has 120 valence electrons. The Balaban J connectivity index is 1.71. The first-order valence-electron chi connectivity index (χ1n) is 7.22. The van der Waals surface area contributed by atoms with Crippen LogP contribution in [-0.4, -0.2) is 34.1 Å². The number of benzene rings is 1. The normalized spacial score (nSPS) is 15.6. The number of nitro groups is 1. The molecule has 2 heterocycles. The number of carboxylic acids is 1. The molecule has 1 aliphatic rings. The van der Waals surface area contributed by atoms with E-state index in [4.69, 9.17) is 5.11 Å². The van der Waals surface area contributed by atoms with Crippen molar-refractivity contribution in [3.63, 3.8) is 0 Å². The quantitative estimate of drug-likeness (QED) is 0.682. The molecule has 0 radical (unpaired) electrons. The number of hydrogen-bond acceptors (Lipinski definition) is 6. The van der Waals surface area contributed by atoms with Crippen LogP contribution in [0.3, 0.4) is 0 Å². The molecular formula is C15H15N3O4S. The third-order valence-electron chi connectivity index (χ3n) is 3.98. The SMILES string of the molecule is O=C(O)C1CCN(c2nc(-c3ccc([N+](=O)[O-])cc3)cs2)CC1. The molecule has 1 saturated heterocycles. The van der Waals surface area contributed by atoms with Gasteiger partial charge in [-0.3, -0.25) is 14.9 Å². The maximum atomic E-state index is 11.0. The van der Waals surface area contributed by atoms with Gasteiger partial charge in [-0.15, -0.1) is 11.3 Å². The summed E-state index contributed by atoms with van der Waals surface area (Å²) in [4.78, 5) is 27.9. The molecule has 7 nitrogen and oxygen atoms in total. The van der Waals surface area contributed by atoms with Gasteiger partial charge in [0.2, 0.25) is 0 Å². The summed E-state index contributed by atoms with van der Waals surface area (Å²) in [6, 6.07) is 6.31. The minimum absolute atomic E-state index is 0.0555. The van der Waals surface area contributed by atoms with Gasteiger partial charge in [-0.25, -0.2) is 4.98 Å².